The maximum atomic E-state index is 10.8. The highest BCUT2D eigenvalue weighted by atomic mass is 32.2. The highest BCUT2D eigenvalue weighted by Crippen LogP contribution is 2.22. The molecule has 6 heteroatoms. The van der Waals surface area contributed by atoms with Gasteiger partial charge in [0.2, 0.25) is 5.16 Å². The number of hydrogen-bond donors (Lipinski definition) is 1. The molecule has 20 heavy (non-hydrogen) atoms. The molecule has 1 heterocycles. The van der Waals surface area contributed by atoms with E-state index in [1.807, 2.05) is 24.3 Å². The number of thioether (sulfide) groups is 1. The van der Waals surface area contributed by atoms with Gasteiger partial charge in [-0.2, -0.15) is 0 Å². The Morgan fingerprint density at radius 2 is 2.10 bits per heavy atom. The van der Waals surface area contributed by atoms with E-state index in [2.05, 4.69) is 15.2 Å². The summed E-state index contributed by atoms with van der Waals surface area (Å²) < 4.78 is 5.12. The van der Waals surface area contributed by atoms with Gasteiger partial charge in [0.25, 0.3) is 0 Å². The van der Waals surface area contributed by atoms with Crippen molar-refractivity contribution >= 4 is 17.5 Å². The Bertz CT molecular complexity index is 566. The lowest BCUT2D eigenvalue weighted by Gasteiger charge is -1.99. The highest BCUT2D eigenvalue weighted by molar-refractivity contribution is 7.99. The predicted octanol–water partition coefficient (Wildman–Crippen LogP) is 2.94. The zero-order chi connectivity index (χ0) is 14.4. The molecule has 0 spiro atoms. The van der Waals surface area contributed by atoms with E-state index in [0.717, 1.165) is 29.3 Å². The van der Waals surface area contributed by atoms with E-state index in [4.69, 9.17) is 4.74 Å². The molecule has 0 saturated heterocycles. The maximum Gasteiger partial charge on any atom is 0.208 e. The van der Waals surface area contributed by atoms with Crippen LogP contribution in [0, 0.1) is 0 Å². The number of ether oxygens (including phenoxy) is 1. The number of methoxy groups -OCH3 is 1. The zero-order valence-corrected chi connectivity index (χ0v) is 12.4. The van der Waals surface area contributed by atoms with E-state index in [1.54, 1.807) is 25.8 Å². The van der Waals surface area contributed by atoms with Crippen LogP contribution in [0.2, 0.25) is 0 Å². The molecule has 0 aliphatic rings. The van der Waals surface area contributed by atoms with Gasteiger partial charge in [0.15, 0.2) is 5.82 Å². The predicted molar refractivity (Wildman–Crippen MR) is 79.0 cm³/mol. The molecule has 0 radical (unpaired) electrons. The quantitative estimate of drug-likeness (QED) is 0.627. The van der Waals surface area contributed by atoms with Gasteiger partial charge in [0.05, 0.1) is 7.11 Å². The summed E-state index contributed by atoms with van der Waals surface area (Å²) >= 11 is 1.56. The molecule has 1 aromatic heterocycles. The van der Waals surface area contributed by atoms with Crippen LogP contribution in [-0.2, 0) is 4.79 Å². The Labute approximate surface area is 122 Å². The van der Waals surface area contributed by atoms with E-state index >= 15 is 0 Å². The van der Waals surface area contributed by atoms with Crippen molar-refractivity contribution in [3.8, 4) is 17.1 Å². The van der Waals surface area contributed by atoms with Gasteiger partial charge in [-0.05, 0) is 37.6 Å². The van der Waals surface area contributed by atoms with Crippen molar-refractivity contribution < 1.29 is 9.53 Å². The molecule has 2 aromatic rings. The van der Waals surface area contributed by atoms with Crippen molar-refractivity contribution in [2.24, 2.45) is 0 Å². The summed E-state index contributed by atoms with van der Waals surface area (Å²) in [6.07, 6.45) is 1.47. The molecule has 0 bridgehead atoms. The Morgan fingerprint density at radius 3 is 2.75 bits per heavy atom. The first kappa shape index (κ1) is 14.6. The number of nitrogens with one attached hydrogen (secondary N) is 1. The summed E-state index contributed by atoms with van der Waals surface area (Å²) in [5.74, 6) is 2.62. The minimum absolute atomic E-state index is 0.222. The zero-order valence-electron chi connectivity index (χ0n) is 11.5. The van der Waals surface area contributed by atoms with Gasteiger partial charge in [-0.1, -0.05) is 11.8 Å². The number of aromatic nitrogens is 3. The second-order valence-corrected chi connectivity index (χ2v) is 5.41. The molecule has 1 N–H and O–H groups in total. The number of carbonyl (C=O) groups is 1. The molecule has 0 amide bonds. The van der Waals surface area contributed by atoms with E-state index < -0.39 is 0 Å². The second kappa shape index (κ2) is 7.09. The molecule has 0 aliphatic heterocycles. The summed E-state index contributed by atoms with van der Waals surface area (Å²) in [4.78, 5) is 15.3. The molecule has 1 aromatic carbocycles. The minimum atomic E-state index is 0.222. The average molecular weight is 291 g/mol. The summed E-state index contributed by atoms with van der Waals surface area (Å²) in [5, 5.41) is 7.79. The third kappa shape index (κ3) is 4.09. The number of nitrogens with zero attached hydrogens (tertiary/aromatic N) is 2. The average Bonchev–Trinajstić information content (AvgIpc) is 2.92. The molecule has 106 valence electrons. The van der Waals surface area contributed by atoms with Crippen LogP contribution >= 0.6 is 11.8 Å². The topological polar surface area (TPSA) is 67.9 Å². The third-order valence-corrected chi connectivity index (χ3v) is 3.67. The molecule has 0 unspecified atom stereocenters. The SMILES string of the molecule is COc1ccc(-c2nc(SCCCC(C)=O)n[nH]2)cc1. The number of carbonyl (C=O) groups excluding carboxylic acids is 1. The van der Waals surface area contributed by atoms with Crippen LogP contribution < -0.4 is 4.74 Å². The third-order valence-electron chi connectivity index (χ3n) is 2.73. The summed E-state index contributed by atoms with van der Waals surface area (Å²) in [6.45, 7) is 1.61. The van der Waals surface area contributed by atoms with Crippen molar-refractivity contribution in [1.29, 1.82) is 0 Å². The normalized spacial score (nSPS) is 10.5. The van der Waals surface area contributed by atoms with Gasteiger partial charge in [-0.15, -0.1) is 5.10 Å². The van der Waals surface area contributed by atoms with E-state index in [0.29, 0.717) is 11.6 Å². The lowest BCUT2D eigenvalue weighted by molar-refractivity contribution is -0.117. The van der Waals surface area contributed by atoms with Crippen LogP contribution in [0.25, 0.3) is 11.4 Å². The van der Waals surface area contributed by atoms with Crippen molar-refractivity contribution in [3.63, 3.8) is 0 Å². The molecular formula is C14H17N3O2S. The highest BCUT2D eigenvalue weighted by Gasteiger charge is 2.06. The number of rotatable bonds is 7. The van der Waals surface area contributed by atoms with Crippen molar-refractivity contribution in [1.82, 2.24) is 15.2 Å². The molecule has 0 fully saturated rings. The molecule has 0 aliphatic carbocycles. The van der Waals surface area contributed by atoms with Crippen LogP contribution in [-0.4, -0.2) is 33.8 Å². The van der Waals surface area contributed by atoms with Gasteiger partial charge < -0.3 is 9.53 Å². The number of benzene rings is 1. The molecular weight excluding hydrogens is 274 g/mol. The van der Waals surface area contributed by atoms with Crippen LogP contribution in [0.3, 0.4) is 0 Å². The van der Waals surface area contributed by atoms with Crippen molar-refractivity contribution in [3.05, 3.63) is 24.3 Å². The number of hydrogen-bond acceptors (Lipinski definition) is 5. The molecule has 2 rings (SSSR count). The minimum Gasteiger partial charge on any atom is -0.497 e. The fourth-order valence-electron chi connectivity index (χ4n) is 1.67. The van der Waals surface area contributed by atoms with Gasteiger partial charge >= 0.3 is 0 Å². The van der Waals surface area contributed by atoms with Gasteiger partial charge in [0, 0.05) is 17.7 Å². The molecule has 0 atom stereocenters. The van der Waals surface area contributed by atoms with E-state index in [1.165, 1.54) is 0 Å². The Balaban J connectivity index is 1.92. The lowest BCUT2D eigenvalue weighted by Crippen LogP contribution is -1.91. The molecule has 0 saturated carbocycles. The number of ketones is 1. The summed E-state index contributed by atoms with van der Waals surface area (Å²) in [5.41, 5.74) is 0.967. The lowest BCUT2D eigenvalue weighted by atomic mass is 10.2. The number of aromatic amines is 1. The van der Waals surface area contributed by atoms with Gasteiger partial charge in [-0.3, -0.25) is 5.10 Å². The van der Waals surface area contributed by atoms with Crippen molar-refractivity contribution in [2.75, 3.05) is 12.9 Å². The van der Waals surface area contributed by atoms with Gasteiger partial charge in [0.1, 0.15) is 11.5 Å². The van der Waals surface area contributed by atoms with Crippen LogP contribution in [0.4, 0.5) is 0 Å². The Morgan fingerprint density at radius 1 is 1.35 bits per heavy atom. The smallest absolute Gasteiger partial charge is 0.208 e. The second-order valence-electron chi connectivity index (χ2n) is 4.35. The van der Waals surface area contributed by atoms with E-state index in [-0.39, 0.29) is 5.78 Å². The summed E-state index contributed by atoms with van der Waals surface area (Å²) in [6, 6.07) is 7.64. The Kier molecular flexibility index (Phi) is 5.17. The van der Waals surface area contributed by atoms with Crippen LogP contribution in [0.5, 0.6) is 5.75 Å². The molecule has 5 nitrogen and oxygen atoms in total. The van der Waals surface area contributed by atoms with E-state index in [9.17, 15) is 4.79 Å². The standard InChI is InChI=1S/C14H17N3O2S/c1-10(18)4-3-9-20-14-15-13(16-17-14)11-5-7-12(19-2)8-6-11/h5-8H,3-4,9H2,1-2H3,(H,15,16,17). The van der Waals surface area contributed by atoms with Crippen LogP contribution in [0.15, 0.2) is 29.4 Å². The Hall–Kier alpha value is -1.82. The largest absolute Gasteiger partial charge is 0.497 e. The van der Waals surface area contributed by atoms with Crippen LogP contribution in [0.1, 0.15) is 19.8 Å². The first-order valence-corrected chi connectivity index (χ1v) is 7.36. The summed E-state index contributed by atoms with van der Waals surface area (Å²) in [7, 11) is 1.64. The number of Topliss-reactive ketones (excluding diaryl/α,β-unsaturated/α-hetero) is 1. The number of H-pyrrole nitrogens is 1. The monoisotopic (exact) mass is 291 g/mol. The first-order chi connectivity index (χ1) is 9.69. The first-order valence-electron chi connectivity index (χ1n) is 6.38. The maximum absolute atomic E-state index is 10.8. The fourth-order valence-corrected chi connectivity index (χ4v) is 2.41. The fraction of sp³-hybridized carbons (Fsp3) is 0.357. The van der Waals surface area contributed by atoms with Gasteiger partial charge in [-0.25, -0.2) is 4.98 Å². The van der Waals surface area contributed by atoms with Crippen molar-refractivity contribution in [2.45, 2.75) is 24.9 Å².